The van der Waals surface area contributed by atoms with Gasteiger partial charge in [-0.1, -0.05) is 0 Å². The van der Waals surface area contributed by atoms with E-state index in [-0.39, 0.29) is 17.1 Å². The molecule has 0 atom stereocenters. The van der Waals surface area contributed by atoms with Crippen LogP contribution in [0.15, 0.2) is 0 Å². The quantitative estimate of drug-likeness (QED) is 0.608. The van der Waals surface area contributed by atoms with Gasteiger partial charge in [0.15, 0.2) is 0 Å². The molecule has 0 unspecified atom stereocenters. The number of rotatable bonds is 3. The number of nitrogens with zero attached hydrogens (tertiary/aromatic N) is 1. The molecule has 0 aromatic rings. The molecule has 1 saturated heterocycles. The summed E-state index contributed by atoms with van der Waals surface area (Å²) >= 11 is 0. The molecule has 1 rings (SSSR count). The van der Waals surface area contributed by atoms with Crippen LogP contribution < -0.4 is 5.48 Å². The van der Waals surface area contributed by atoms with Gasteiger partial charge in [-0.25, -0.2) is 13.2 Å². The fourth-order valence-electron chi connectivity index (χ4n) is 1.56. The number of carbonyl (C=O) groups excluding carboxylic acids is 1. The minimum absolute atomic E-state index is 0.177. The summed E-state index contributed by atoms with van der Waals surface area (Å²) in [4.78, 5) is 14.1. The van der Waals surface area contributed by atoms with E-state index in [9.17, 15) is 39.6 Å². The number of carbonyl (C=O) groups is 1. The van der Waals surface area contributed by atoms with Crippen molar-refractivity contribution in [2.75, 3.05) is 13.1 Å². The minimum Gasteiger partial charge on any atom is -0.363 e. The lowest BCUT2D eigenvalue weighted by atomic mass is 10.1. The van der Waals surface area contributed by atoms with Crippen molar-refractivity contribution < 1.29 is 44.4 Å². The van der Waals surface area contributed by atoms with Gasteiger partial charge >= 0.3 is 27.7 Å². The van der Waals surface area contributed by atoms with Gasteiger partial charge in [-0.2, -0.15) is 30.6 Å². The number of alkyl halides is 6. The van der Waals surface area contributed by atoms with Gasteiger partial charge in [-0.05, 0) is 12.8 Å². The summed E-state index contributed by atoms with van der Waals surface area (Å²) in [5.74, 6) is -2.49. The van der Waals surface area contributed by atoms with Crippen LogP contribution in [0.25, 0.3) is 0 Å². The van der Waals surface area contributed by atoms with E-state index < -0.39 is 46.8 Å². The zero-order valence-corrected chi connectivity index (χ0v) is 11.0. The van der Waals surface area contributed by atoms with Crippen LogP contribution in [-0.4, -0.2) is 49.5 Å². The molecule has 1 heterocycles. The van der Waals surface area contributed by atoms with Crippen molar-refractivity contribution in [3.8, 4) is 0 Å². The van der Waals surface area contributed by atoms with E-state index in [4.69, 9.17) is 0 Å². The zero-order chi connectivity index (χ0) is 16.5. The van der Waals surface area contributed by atoms with Gasteiger partial charge in [-0.15, -0.1) is 5.48 Å². The van der Waals surface area contributed by atoms with Gasteiger partial charge in [0.25, 0.3) is 0 Å². The van der Waals surface area contributed by atoms with Crippen LogP contribution in [0.2, 0.25) is 0 Å². The predicted molar refractivity (Wildman–Crippen MR) is 54.9 cm³/mol. The lowest BCUT2D eigenvalue weighted by Gasteiger charge is -2.31. The maximum absolute atomic E-state index is 12.3. The summed E-state index contributed by atoms with van der Waals surface area (Å²) in [6.07, 6.45) is -5.67. The largest absolute Gasteiger partial charge is 0.511 e. The first-order chi connectivity index (χ1) is 9.35. The Morgan fingerprint density at radius 2 is 1.57 bits per heavy atom. The summed E-state index contributed by atoms with van der Waals surface area (Å²) in [6, 6.07) is -0.865. The molecule has 6 nitrogen and oxygen atoms in total. The molecule has 1 N–H and O–H groups in total. The Hall–Kier alpha value is -1.08. The van der Waals surface area contributed by atoms with E-state index in [1.807, 2.05) is 0 Å². The molecule has 0 aliphatic carbocycles. The Balaban J connectivity index is 2.49. The van der Waals surface area contributed by atoms with Crippen LogP contribution in [-0.2, 0) is 19.7 Å². The molecule has 1 aliphatic rings. The summed E-state index contributed by atoms with van der Waals surface area (Å²) in [5.41, 5.74) is -3.67. The first kappa shape index (κ1) is 18.0. The zero-order valence-electron chi connectivity index (χ0n) is 10.2. The highest BCUT2D eigenvalue weighted by atomic mass is 32.2. The van der Waals surface area contributed by atoms with E-state index in [1.165, 1.54) is 0 Å². The van der Waals surface area contributed by atoms with Crippen molar-refractivity contribution in [2.24, 2.45) is 0 Å². The Bertz CT molecular complexity index is 480. The topological polar surface area (TPSA) is 75.7 Å². The van der Waals surface area contributed by atoms with Gasteiger partial charge in [0, 0.05) is 19.1 Å². The van der Waals surface area contributed by atoms with Gasteiger partial charge in [-0.3, -0.25) is 0 Å². The molecule has 13 heteroatoms. The molecular formula is C8H10F6N2O4S. The maximum atomic E-state index is 12.3. The first-order valence-electron chi connectivity index (χ1n) is 5.45. The monoisotopic (exact) mass is 344 g/mol. The van der Waals surface area contributed by atoms with Gasteiger partial charge in [0.1, 0.15) is 0 Å². The van der Waals surface area contributed by atoms with Crippen molar-refractivity contribution >= 4 is 16.0 Å². The van der Waals surface area contributed by atoms with Crippen LogP contribution in [0.1, 0.15) is 12.8 Å². The average Bonchev–Trinajstić information content (AvgIpc) is 2.33. The highest BCUT2D eigenvalue weighted by Gasteiger charge is 2.50. The molecular weight excluding hydrogens is 334 g/mol. The second kappa shape index (κ2) is 5.96. The molecule has 21 heavy (non-hydrogen) atoms. The third kappa shape index (κ3) is 4.44. The number of hydroxylamine groups is 1. The van der Waals surface area contributed by atoms with Crippen LogP contribution in [0.3, 0.4) is 0 Å². The normalized spacial score (nSPS) is 19.5. The molecule has 0 bridgehead atoms. The molecule has 0 radical (unpaired) electrons. The van der Waals surface area contributed by atoms with Gasteiger partial charge < -0.3 is 4.84 Å². The lowest BCUT2D eigenvalue weighted by molar-refractivity contribution is -0.209. The van der Waals surface area contributed by atoms with Gasteiger partial charge in [0.05, 0.1) is 0 Å². The molecule has 1 fully saturated rings. The second-order valence-electron chi connectivity index (χ2n) is 4.13. The number of hydrogen-bond acceptors (Lipinski definition) is 5. The first-order valence-corrected chi connectivity index (χ1v) is 6.89. The van der Waals surface area contributed by atoms with Crippen molar-refractivity contribution in [3.63, 3.8) is 0 Å². The third-order valence-electron chi connectivity index (χ3n) is 2.64. The Kier molecular flexibility index (Phi) is 5.10. The third-order valence-corrected chi connectivity index (χ3v) is 4.27. The van der Waals surface area contributed by atoms with Crippen molar-refractivity contribution in [3.05, 3.63) is 0 Å². The van der Waals surface area contributed by atoms with Crippen molar-refractivity contribution in [1.29, 1.82) is 0 Å². The molecule has 0 saturated carbocycles. The second-order valence-corrected chi connectivity index (χ2v) is 6.06. The van der Waals surface area contributed by atoms with E-state index in [0.717, 1.165) is 0 Å². The fourth-order valence-corrected chi connectivity index (χ4v) is 2.54. The molecule has 0 aromatic heterocycles. The lowest BCUT2D eigenvalue weighted by Crippen LogP contribution is -2.49. The van der Waals surface area contributed by atoms with Crippen LogP contribution in [0.5, 0.6) is 0 Å². The number of hydrogen-bond donors (Lipinski definition) is 1. The summed E-state index contributed by atoms with van der Waals surface area (Å²) in [6.45, 7) is -1.11. The van der Waals surface area contributed by atoms with E-state index in [2.05, 4.69) is 4.84 Å². The number of nitrogens with one attached hydrogen (secondary N) is 1. The fraction of sp³-hybridized carbons (Fsp3) is 0.875. The minimum atomic E-state index is -5.46. The average molecular weight is 344 g/mol. The van der Waals surface area contributed by atoms with Crippen molar-refractivity contribution in [2.45, 2.75) is 30.6 Å². The Morgan fingerprint density at radius 3 is 1.95 bits per heavy atom. The smallest absolute Gasteiger partial charge is 0.363 e. The maximum Gasteiger partial charge on any atom is 0.511 e. The highest BCUT2D eigenvalue weighted by Crippen LogP contribution is 2.29. The molecule has 0 spiro atoms. The predicted octanol–water partition coefficient (Wildman–Crippen LogP) is 0.910. The van der Waals surface area contributed by atoms with Crippen LogP contribution >= 0.6 is 0 Å². The van der Waals surface area contributed by atoms with Crippen molar-refractivity contribution in [1.82, 2.24) is 9.79 Å². The van der Waals surface area contributed by atoms with E-state index >= 15 is 0 Å². The molecule has 0 amide bonds. The summed E-state index contributed by atoms with van der Waals surface area (Å²) in [5, 5.41) is 0. The summed E-state index contributed by atoms with van der Waals surface area (Å²) in [7, 11) is -5.46. The van der Waals surface area contributed by atoms with Gasteiger partial charge in [0.2, 0.25) is 0 Å². The Labute approximate surface area is 115 Å². The van der Waals surface area contributed by atoms with E-state index in [0.29, 0.717) is 0 Å². The number of sulfonamides is 1. The standard InChI is InChI=1S/C8H10F6N2O4S/c9-7(10,11)6(17)20-15-5-1-3-16(4-2-5)21(18,19)8(12,13)14/h5,15H,1-4H2. The van der Waals surface area contributed by atoms with Crippen LogP contribution in [0.4, 0.5) is 26.3 Å². The molecule has 124 valence electrons. The number of piperidine rings is 1. The number of halogens is 6. The molecule has 1 aliphatic heterocycles. The van der Waals surface area contributed by atoms with Crippen LogP contribution in [0, 0.1) is 0 Å². The van der Waals surface area contributed by atoms with E-state index in [1.54, 1.807) is 5.48 Å². The highest BCUT2D eigenvalue weighted by molar-refractivity contribution is 7.90. The summed E-state index contributed by atoms with van der Waals surface area (Å²) < 4.78 is 94.6. The Morgan fingerprint density at radius 1 is 1.10 bits per heavy atom. The SMILES string of the molecule is O=C(ONC1CCN(S(=O)(=O)C(F)(F)F)CC1)C(F)(F)F. The molecule has 0 aromatic carbocycles.